The topological polar surface area (TPSA) is 18.5 Å². The SMILES string of the molecule is C=C.CCOc1cccc(OCCCl)c1. The molecule has 0 amide bonds. The highest BCUT2D eigenvalue weighted by Gasteiger charge is 1.95. The van der Waals surface area contributed by atoms with Crippen LogP contribution in [-0.4, -0.2) is 19.1 Å². The van der Waals surface area contributed by atoms with Crippen LogP contribution in [0.1, 0.15) is 6.92 Å². The summed E-state index contributed by atoms with van der Waals surface area (Å²) in [6, 6.07) is 7.54. The van der Waals surface area contributed by atoms with Gasteiger partial charge in [0.15, 0.2) is 0 Å². The summed E-state index contributed by atoms with van der Waals surface area (Å²) in [4.78, 5) is 0. The molecule has 0 heterocycles. The second-order valence-electron chi connectivity index (χ2n) is 2.45. The summed E-state index contributed by atoms with van der Waals surface area (Å²) >= 11 is 5.50. The molecule has 0 radical (unpaired) electrons. The van der Waals surface area contributed by atoms with E-state index in [1.54, 1.807) is 0 Å². The lowest BCUT2D eigenvalue weighted by molar-refractivity contribution is 0.324. The third-order valence-electron chi connectivity index (χ3n) is 1.46. The average Bonchev–Trinajstić information content (AvgIpc) is 2.30. The number of rotatable bonds is 5. The number of alkyl halides is 1. The maximum absolute atomic E-state index is 5.50. The summed E-state index contributed by atoms with van der Waals surface area (Å²) in [5, 5.41) is 0. The van der Waals surface area contributed by atoms with E-state index in [1.807, 2.05) is 31.2 Å². The highest BCUT2D eigenvalue weighted by molar-refractivity contribution is 6.17. The second kappa shape index (κ2) is 9.41. The van der Waals surface area contributed by atoms with Gasteiger partial charge in [0, 0.05) is 6.07 Å². The van der Waals surface area contributed by atoms with Gasteiger partial charge in [0.2, 0.25) is 0 Å². The molecule has 0 bridgehead atoms. The molecule has 1 aromatic carbocycles. The predicted octanol–water partition coefficient (Wildman–Crippen LogP) is 3.51. The van der Waals surface area contributed by atoms with Gasteiger partial charge in [-0.25, -0.2) is 0 Å². The Morgan fingerprint density at radius 3 is 2.33 bits per heavy atom. The van der Waals surface area contributed by atoms with Crippen molar-refractivity contribution in [2.75, 3.05) is 19.1 Å². The molecule has 3 heteroatoms. The van der Waals surface area contributed by atoms with Gasteiger partial charge in [0.25, 0.3) is 0 Å². The molecule has 0 atom stereocenters. The molecule has 84 valence electrons. The van der Waals surface area contributed by atoms with Crippen LogP contribution in [0.2, 0.25) is 0 Å². The van der Waals surface area contributed by atoms with Gasteiger partial charge in [0.05, 0.1) is 12.5 Å². The van der Waals surface area contributed by atoms with E-state index in [1.165, 1.54) is 0 Å². The number of hydrogen-bond donors (Lipinski definition) is 0. The molecule has 15 heavy (non-hydrogen) atoms. The molecule has 0 aliphatic carbocycles. The van der Waals surface area contributed by atoms with Gasteiger partial charge < -0.3 is 9.47 Å². The Morgan fingerprint density at radius 1 is 1.20 bits per heavy atom. The quantitative estimate of drug-likeness (QED) is 0.567. The van der Waals surface area contributed by atoms with Crippen molar-refractivity contribution in [3.8, 4) is 11.5 Å². The first-order chi connectivity index (χ1) is 7.36. The fraction of sp³-hybridized carbons (Fsp3) is 0.333. The van der Waals surface area contributed by atoms with Crippen LogP contribution in [0.25, 0.3) is 0 Å². The molecule has 1 aromatic rings. The first kappa shape index (κ1) is 13.8. The minimum absolute atomic E-state index is 0.499. The molecule has 0 fully saturated rings. The van der Waals surface area contributed by atoms with E-state index in [0.717, 1.165) is 11.5 Å². The number of halogens is 1. The molecule has 0 aromatic heterocycles. The minimum Gasteiger partial charge on any atom is -0.494 e. The van der Waals surface area contributed by atoms with Gasteiger partial charge in [-0.1, -0.05) is 6.07 Å². The van der Waals surface area contributed by atoms with Gasteiger partial charge in [-0.05, 0) is 19.1 Å². The van der Waals surface area contributed by atoms with Gasteiger partial charge >= 0.3 is 0 Å². The number of benzene rings is 1. The normalized spacial score (nSPS) is 8.67. The predicted molar refractivity (Wildman–Crippen MR) is 65.1 cm³/mol. The van der Waals surface area contributed by atoms with Crippen LogP contribution >= 0.6 is 11.6 Å². The number of hydrogen-bond acceptors (Lipinski definition) is 2. The van der Waals surface area contributed by atoms with E-state index in [9.17, 15) is 0 Å². The zero-order valence-corrected chi connectivity index (χ0v) is 9.80. The van der Waals surface area contributed by atoms with Crippen molar-refractivity contribution >= 4 is 11.6 Å². The average molecular weight is 229 g/mol. The Labute approximate surface area is 96.5 Å². The van der Waals surface area contributed by atoms with Crippen LogP contribution in [0.3, 0.4) is 0 Å². The largest absolute Gasteiger partial charge is 0.494 e. The Balaban J connectivity index is 0.000000921. The van der Waals surface area contributed by atoms with Crippen molar-refractivity contribution in [3.05, 3.63) is 37.4 Å². The summed E-state index contributed by atoms with van der Waals surface area (Å²) in [5.74, 6) is 2.12. The molecule has 2 nitrogen and oxygen atoms in total. The molecule has 0 aliphatic heterocycles. The van der Waals surface area contributed by atoms with Crippen molar-refractivity contribution in [1.29, 1.82) is 0 Å². The van der Waals surface area contributed by atoms with Crippen LogP contribution in [0, 0.1) is 0 Å². The molecule has 0 unspecified atom stereocenters. The fourth-order valence-corrected chi connectivity index (χ4v) is 1.05. The van der Waals surface area contributed by atoms with Crippen LogP contribution in [0.4, 0.5) is 0 Å². The zero-order chi connectivity index (χ0) is 11.5. The first-order valence-corrected chi connectivity index (χ1v) is 5.32. The molecule has 0 saturated carbocycles. The number of ether oxygens (including phenoxy) is 2. The minimum atomic E-state index is 0.499. The van der Waals surface area contributed by atoms with E-state index in [4.69, 9.17) is 21.1 Å². The summed E-state index contributed by atoms with van der Waals surface area (Å²) in [6.45, 7) is 9.14. The van der Waals surface area contributed by atoms with E-state index in [0.29, 0.717) is 19.1 Å². The fourth-order valence-electron chi connectivity index (χ4n) is 0.977. The smallest absolute Gasteiger partial charge is 0.123 e. The van der Waals surface area contributed by atoms with Crippen LogP contribution < -0.4 is 9.47 Å². The Bertz CT molecular complexity index is 264. The van der Waals surface area contributed by atoms with E-state index < -0.39 is 0 Å². The third-order valence-corrected chi connectivity index (χ3v) is 1.62. The maximum atomic E-state index is 5.50. The van der Waals surface area contributed by atoms with Crippen molar-refractivity contribution < 1.29 is 9.47 Å². The lowest BCUT2D eigenvalue weighted by atomic mass is 10.3. The molecular formula is C12H17ClO2. The van der Waals surface area contributed by atoms with Gasteiger partial charge in [0.1, 0.15) is 18.1 Å². The monoisotopic (exact) mass is 228 g/mol. The van der Waals surface area contributed by atoms with Gasteiger partial charge in [-0.2, -0.15) is 0 Å². The molecule has 0 saturated heterocycles. The van der Waals surface area contributed by atoms with E-state index >= 15 is 0 Å². The lowest BCUT2D eigenvalue weighted by Gasteiger charge is -2.06. The maximum Gasteiger partial charge on any atom is 0.123 e. The van der Waals surface area contributed by atoms with Crippen LogP contribution in [-0.2, 0) is 0 Å². The van der Waals surface area contributed by atoms with Crippen molar-refractivity contribution in [2.24, 2.45) is 0 Å². The van der Waals surface area contributed by atoms with Gasteiger partial charge in [-0.15, -0.1) is 24.8 Å². The molecule has 1 rings (SSSR count). The van der Waals surface area contributed by atoms with E-state index in [-0.39, 0.29) is 0 Å². The Kier molecular flexibility index (Phi) is 8.69. The Hall–Kier alpha value is -1.15. The highest BCUT2D eigenvalue weighted by atomic mass is 35.5. The summed E-state index contributed by atoms with van der Waals surface area (Å²) in [5.41, 5.74) is 0. The zero-order valence-electron chi connectivity index (χ0n) is 9.04. The lowest BCUT2D eigenvalue weighted by Crippen LogP contribution is -1.98. The van der Waals surface area contributed by atoms with Crippen molar-refractivity contribution in [2.45, 2.75) is 6.92 Å². The second-order valence-corrected chi connectivity index (χ2v) is 2.82. The van der Waals surface area contributed by atoms with Gasteiger partial charge in [-0.3, -0.25) is 0 Å². The first-order valence-electron chi connectivity index (χ1n) is 4.78. The van der Waals surface area contributed by atoms with Crippen LogP contribution in [0.15, 0.2) is 37.4 Å². The van der Waals surface area contributed by atoms with Crippen molar-refractivity contribution in [3.63, 3.8) is 0 Å². The third kappa shape index (κ3) is 6.02. The van der Waals surface area contributed by atoms with Crippen LogP contribution in [0.5, 0.6) is 11.5 Å². The summed E-state index contributed by atoms with van der Waals surface area (Å²) in [7, 11) is 0. The molecule has 0 spiro atoms. The van der Waals surface area contributed by atoms with E-state index in [2.05, 4.69) is 13.2 Å². The molecule has 0 aliphatic rings. The highest BCUT2D eigenvalue weighted by Crippen LogP contribution is 2.19. The summed E-state index contributed by atoms with van der Waals surface area (Å²) in [6.07, 6.45) is 0. The Morgan fingerprint density at radius 2 is 1.80 bits per heavy atom. The molecule has 0 N–H and O–H groups in total. The molecular weight excluding hydrogens is 212 g/mol. The van der Waals surface area contributed by atoms with Crippen molar-refractivity contribution in [1.82, 2.24) is 0 Å². The summed E-state index contributed by atoms with van der Waals surface area (Å²) < 4.78 is 10.6. The standard InChI is InChI=1S/C10H13ClO2.C2H4/c1-2-12-9-4-3-5-10(8-9)13-7-6-11;1-2/h3-5,8H,2,6-7H2,1H3;1-2H2.